The van der Waals surface area contributed by atoms with Gasteiger partial charge in [0.25, 0.3) is 0 Å². The molecule has 11 aromatic rings. The number of pyridine rings is 1. The number of rotatable bonds is 4. The molecule has 7 heteroatoms. The Morgan fingerprint density at radius 2 is 0.980 bits per heavy atom. The fourth-order valence-electron chi connectivity index (χ4n) is 7.34. The molecule has 0 saturated carbocycles. The van der Waals surface area contributed by atoms with Crippen LogP contribution in [-0.4, -0.2) is 19.9 Å². The number of nitrogens with zero attached hydrogens (tertiary/aromatic N) is 4. The van der Waals surface area contributed by atoms with Crippen molar-refractivity contribution in [2.45, 2.75) is 0 Å². The van der Waals surface area contributed by atoms with Gasteiger partial charge < -0.3 is 13.3 Å². The maximum Gasteiger partial charge on any atom is 0.167 e. The van der Waals surface area contributed by atoms with E-state index in [0.29, 0.717) is 23.1 Å². The molecule has 0 aliphatic rings. The summed E-state index contributed by atoms with van der Waals surface area (Å²) in [7, 11) is 0. The first kappa shape index (κ1) is 27.8. The van der Waals surface area contributed by atoms with Crippen LogP contribution in [0, 0.1) is 0 Å². The molecule has 7 nitrogen and oxygen atoms in total. The predicted octanol–water partition coefficient (Wildman–Crippen LogP) is 11.6. The van der Waals surface area contributed by atoms with E-state index < -0.39 is 0 Å². The summed E-state index contributed by atoms with van der Waals surface area (Å²) >= 11 is 0. The Morgan fingerprint density at radius 3 is 1.78 bits per heavy atom. The van der Waals surface area contributed by atoms with Gasteiger partial charge in [-0.1, -0.05) is 78.9 Å². The predicted molar refractivity (Wildman–Crippen MR) is 201 cm³/mol. The normalized spacial score (nSPS) is 11.9. The molecular weight excluding hydrogens is 633 g/mol. The van der Waals surface area contributed by atoms with Crippen LogP contribution < -0.4 is 0 Å². The Bertz CT molecular complexity index is 3160. The number of hydrogen-bond acceptors (Lipinski definition) is 7. The summed E-state index contributed by atoms with van der Waals surface area (Å²) in [5.41, 5.74) is 9.21. The second-order valence-corrected chi connectivity index (χ2v) is 12.6. The summed E-state index contributed by atoms with van der Waals surface area (Å²) in [6, 6.07) is 44.7. The highest BCUT2D eigenvalue weighted by molar-refractivity contribution is 6.21. The molecule has 0 N–H and O–H groups in total. The summed E-state index contributed by atoms with van der Waals surface area (Å²) in [5, 5.41) is 6.22. The topological polar surface area (TPSA) is 91.0 Å². The van der Waals surface area contributed by atoms with Gasteiger partial charge in [-0.2, -0.15) is 0 Å². The molecule has 0 aliphatic heterocycles. The first-order valence-corrected chi connectivity index (χ1v) is 16.7. The van der Waals surface area contributed by atoms with Gasteiger partial charge in [0.1, 0.15) is 33.5 Å². The minimum absolute atomic E-state index is 0.492. The highest BCUT2D eigenvalue weighted by Crippen LogP contribution is 2.45. The molecule has 0 radical (unpaired) electrons. The van der Waals surface area contributed by atoms with E-state index in [1.165, 1.54) is 0 Å². The number of furan rings is 3. The lowest BCUT2D eigenvalue weighted by molar-refractivity contribution is 0.668. The summed E-state index contributed by atoms with van der Waals surface area (Å²) in [5.74, 6) is 1.52. The van der Waals surface area contributed by atoms with E-state index >= 15 is 0 Å². The lowest BCUT2D eigenvalue weighted by Crippen LogP contribution is -2.00. The highest BCUT2D eigenvalue weighted by atomic mass is 16.3. The molecule has 0 unspecified atom stereocenters. The van der Waals surface area contributed by atoms with Crippen molar-refractivity contribution < 1.29 is 13.3 Å². The first-order valence-electron chi connectivity index (χ1n) is 16.7. The average molecular weight is 657 g/mol. The quantitative estimate of drug-likeness (QED) is 0.186. The maximum absolute atomic E-state index is 6.71. The molecule has 0 spiro atoms. The second-order valence-electron chi connectivity index (χ2n) is 12.6. The molecule has 0 aliphatic carbocycles. The van der Waals surface area contributed by atoms with Crippen molar-refractivity contribution in [3.8, 4) is 45.3 Å². The van der Waals surface area contributed by atoms with Crippen molar-refractivity contribution >= 4 is 65.8 Å². The van der Waals surface area contributed by atoms with Gasteiger partial charge in [-0.05, 0) is 65.7 Å². The Morgan fingerprint density at radius 1 is 0.373 bits per heavy atom. The summed E-state index contributed by atoms with van der Waals surface area (Å²) in [6.07, 6.45) is 3.50. The van der Waals surface area contributed by atoms with Gasteiger partial charge in [-0.3, -0.25) is 4.98 Å². The largest absolute Gasteiger partial charge is 0.456 e. The molecular formula is C44H24N4O3. The highest BCUT2D eigenvalue weighted by Gasteiger charge is 2.23. The Kier molecular flexibility index (Phi) is 5.83. The number of hydrogen-bond donors (Lipinski definition) is 0. The van der Waals surface area contributed by atoms with Crippen LogP contribution in [0.4, 0.5) is 0 Å². The van der Waals surface area contributed by atoms with Crippen molar-refractivity contribution in [2.75, 3.05) is 0 Å². The first-order chi connectivity index (χ1) is 25.3. The van der Waals surface area contributed by atoms with Gasteiger partial charge in [0.05, 0.1) is 5.56 Å². The zero-order valence-electron chi connectivity index (χ0n) is 26.9. The molecule has 6 aromatic carbocycles. The van der Waals surface area contributed by atoms with Crippen LogP contribution in [0.1, 0.15) is 0 Å². The number of fused-ring (bicyclic) bond motifs is 9. The van der Waals surface area contributed by atoms with E-state index in [0.717, 1.165) is 88.0 Å². The Labute approximate surface area is 289 Å². The molecule has 0 amide bonds. The summed E-state index contributed by atoms with van der Waals surface area (Å²) in [6.45, 7) is 0. The summed E-state index contributed by atoms with van der Waals surface area (Å²) in [4.78, 5) is 19.5. The van der Waals surface area contributed by atoms with Crippen LogP contribution in [0.3, 0.4) is 0 Å². The zero-order valence-corrected chi connectivity index (χ0v) is 26.9. The molecule has 0 atom stereocenters. The zero-order chi connectivity index (χ0) is 33.5. The monoisotopic (exact) mass is 656 g/mol. The molecule has 0 bridgehead atoms. The van der Waals surface area contributed by atoms with E-state index in [2.05, 4.69) is 47.4 Å². The van der Waals surface area contributed by atoms with Gasteiger partial charge in [0.15, 0.2) is 17.5 Å². The van der Waals surface area contributed by atoms with Crippen LogP contribution in [0.2, 0.25) is 0 Å². The minimum atomic E-state index is 0.492. The van der Waals surface area contributed by atoms with E-state index in [9.17, 15) is 0 Å². The van der Waals surface area contributed by atoms with E-state index in [1.807, 2.05) is 91.0 Å². The van der Waals surface area contributed by atoms with Crippen molar-refractivity contribution in [1.29, 1.82) is 0 Å². The van der Waals surface area contributed by atoms with Gasteiger partial charge in [-0.25, -0.2) is 15.0 Å². The van der Waals surface area contributed by atoms with Gasteiger partial charge in [0, 0.05) is 55.8 Å². The standard InChI is InChI=1S/C44H24N4O3/c1-4-14-34-27(10-1)28-19-18-25(23-38(28)50-34)42-46-43(26-9-8-22-45-24-26)48-44(47-42)33-21-20-30(40-32-12-3-6-16-36(32)51-41(33)40)29-13-7-17-37-39(29)31-11-2-5-15-35(31)49-37/h1-24H. The molecule has 5 aromatic heterocycles. The van der Waals surface area contributed by atoms with Gasteiger partial charge in [0.2, 0.25) is 0 Å². The smallest absolute Gasteiger partial charge is 0.167 e. The van der Waals surface area contributed by atoms with Crippen molar-refractivity contribution in [3.05, 3.63) is 146 Å². The van der Waals surface area contributed by atoms with Crippen molar-refractivity contribution in [2.24, 2.45) is 0 Å². The fourth-order valence-corrected chi connectivity index (χ4v) is 7.34. The van der Waals surface area contributed by atoms with Gasteiger partial charge in [-0.15, -0.1) is 0 Å². The maximum atomic E-state index is 6.71. The SMILES string of the molecule is c1cncc(-c2nc(-c3ccc4c(c3)oc3ccccc34)nc(-c3ccc(-c4cccc5oc6ccccc6c45)c4c3oc3ccccc34)n2)c1. The van der Waals surface area contributed by atoms with Crippen LogP contribution in [0.25, 0.3) is 111 Å². The molecule has 238 valence electrons. The lowest BCUT2D eigenvalue weighted by atomic mass is 9.94. The van der Waals surface area contributed by atoms with Crippen LogP contribution in [-0.2, 0) is 0 Å². The second kappa shape index (κ2) is 10.7. The van der Waals surface area contributed by atoms with Crippen LogP contribution in [0.15, 0.2) is 159 Å². The Hall–Kier alpha value is -7.12. The van der Waals surface area contributed by atoms with Crippen LogP contribution >= 0.6 is 0 Å². The summed E-state index contributed by atoms with van der Waals surface area (Å²) < 4.78 is 19.2. The lowest BCUT2D eigenvalue weighted by Gasteiger charge is -2.11. The fraction of sp³-hybridized carbons (Fsp3) is 0. The molecule has 11 rings (SSSR count). The number of para-hydroxylation sites is 3. The van der Waals surface area contributed by atoms with Crippen LogP contribution in [0.5, 0.6) is 0 Å². The molecule has 0 fully saturated rings. The van der Waals surface area contributed by atoms with E-state index in [-0.39, 0.29) is 0 Å². The van der Waals surface area contributed by atoms with E-state index in [4.69, 9.17) is 28.2 Å². The van der Waals surface area contributed by atoms with E-state index in [1.54, 1.807) is 12.4 Å². The van der Waals surface area contributed by atoms with Crippen molar-refractivity contribution in [3.63, 3.8) is 0 Å². The third kappa shape index (κ3) is 4.25. The molecule has 5 heterocycles. The third-order valence-electron chi connectivity index (χ3n) is 9.65. The third-order valence-corrected chi connectivity index (χ3v) is 9.65. The average Bonchev–Trinajstić information content (AvgIpc) is 3.89. The molecule has 0 saturated heterocycles. The molecule has 51 heavy (non-hydrogen) atoms. The number of aromatic nitrogens is 4. The van der Waals surface area contributed by atoms with Gasteiger partial charge >= 0.3 is 0 Å². The Balaban J connectivity index is 1.17. The number of benzene rings is 6. The van der Waals surface area contributed by atoms with Crippen molar-refractivity contribution in [1.82, 2.24) is 19.9 Å². The minimum Gasteiger partial charge on any atom is -0.456 e.